The molecule has 144 valence electrons. The van der Waals surface area contributed by atoms with Gasteiger partial charge in [0.2, 0.25) is 0 Å². The number of nitrogens with one attached hydrogen (secondary N) is 1. The van der Waals surface area contributed by atoms with Crippen LogP contribution in [0.3, 0.4) is 0 Å². The van der Waals surface area contributed by atoms with Gasteiger partial charge < -0.3 is 9.64 Å². The Bertz CT molecular complexity index is 763. The SMILES string of the molecule is Cc1ccc(C2CCN(C(=O)Nc3nc(C4CCOCC4)cs3)CC2)cn1. The van der Waals surface area contributed by atoms with Crippen molar-refractivity contribution in [3.63, 3.8) is 0 Å². The number of pyridine rings is 1. The highest BCUT2D eigenvalue weighted by atomic mass is 32.1. The third-order valence-electron chi connectivity index (χ3n) is 5.56. The molecule has 0 atom stereocenters. The molecule has 0 aliphatic carbocycles. The molecule has 27 heavy (non-hydrogen) atoms. The average Bonchev–Trinajstić information content (AvgIpc) is 3.18. The molecule has 2 aromatic heterocycles. The number of ether oxygens (including phenoxy) is 1. The smallest absolute Gasteiger partial charge is 0.323 e. The van der Waals surface area contributed by atoms with E-state index in [0.717, 1.165) is 63.4 Å². The van der Waals surface area contributed by atoms with Gasteiger partial charge in [-0.3, -0.25) is 10.3 Å². The van der Waals surface area contributed by atoms with Crippen molar-refractivity contribution in [2.24, 2.45) is 0 Å². The number of carbonyl (C=O) groups excluding carboxylic acids is 1. The molecule has 2 fully saturated rings. The summed E-state index contributed by atoms with van der Waals surface area (Å²) in [5.41, 5.74) is 3.41. The van der Waals surface area contributed by atoms with Crippen molar-refractivity contribution in [2.45, 2.75) is 44.4 Å². The van der Waals surface area contributed by atoms with E-state index in [1.165, 1.54) is 16.9 Å². The zero-order valence-electron chi connectivity index (χ0n) is 15.7. The Kier molecular flexibility index (Phi) is 5.69. The van der Waals surface area contributed by atoms with Gasteiger partial charge in [0.15, 0.2) is 5.13 Å². The van der Waals surface area contributed by atoms with E-state index in [4.69, 9.17) is 4.74 Å². The number of amides is 2. The summed E-state index contributed by atoms with van der Waals surface area (Å²) in [7, 11) is 0. The van der Waals surface area contributed by atoms with Gasteiger partial charge in [-0.1, -0.05) is 6.07 Å². The summed E-state index contributed by atoms with van der Waals surface area (Å²) in [6.45, 7) is 5.14. The van der Waals surface area contributed by atoms with Crippen LogP contribution in [-0.4, -0.2) is 47.2 Å². The maximum atomic E-state index is 12.6. The van der Waals surface area contributed by atoms with Crippen LogP contribution in [0.25, 0.3) is 0 Å². The fraction of sp³-hybridized carbons (Fsp3) is 0.550. The first-order valence-electron chi connectivity index (χ1n) is 9.70. The topological polar surface area (TPSA) is 67.4 Å². The molecule has 0 unspecified atom stereocenters. The molecule has 4 rings (SSSR count). The van der Waals surface area contributed by atoms with Gasteiger partial charge >= 0.3 is 6.03 Å². The van der Waals surface area contributed by atoms with Gasteiger partial charge in [-0.2, -0.15) is 0 Å². The van der Waals surface area contributed by atoms with Crippen LogP contribution in [0.2, 0.25) is 0 Å². The largest absolute Gasteiger partial charge is 0.381 e. The Morgan fingerprint density at radius 3 is 2.67 bits per heavy atom. The van der Waals surface area contributed by atoms with E-state index in [1.807, 2.05) is 18.0 Å². The third-order valence-corrected chi connectivity index (χ3v) is 6.34. The molecular weight excluding hydrogens is 360 g/mol. The molecule has 0 aromatic carbocycles. The Balaban J connectivity index is 1.29. The molecule has 2 aliphatic heterocycles. The molecule has 1 N–H and O–H groups in total. The number of aromatic nitrogens is 2. The van der Waals surface area contributed by atoms with Crippen molar-refractivity contribution in [1.29, 1.82) is 0 Å². The highest BCUT2D eigenvalue weighted by Gasteiger charge is 2.25. The van der Waals surface area contributed by atoms with Crippen molar-refractivity contribution in [3.8, 4) is 0 Å². The molecule has 4 heterocycles. The minimum Gasteiger partial charge on any atom is -0.381 e. The third kappa shape index (κ3) is 4.47. The molecule has 7 heteroatoms. The second kappa shape index (κ2) is 8.35. The van der Waals surface area contributed by atoms with Crippen molar-refractivity contribution < 1.29 is 9.53 Å². The zero-order valence-corrected chi connectivity index (χ0v) is 16.5. The number of nitrogens with zero attached hydrogens (tertiary/aromatic N) is 3. The Labute approximate surface area is 164 Å². The van der Waals surface area contributed by atoms with Gasteiger partial charge in [-0.25, -0.2) is 9.78 Å². The van der Waals surface area contributed by atoms with Gasteiger partial charge in [0.25, 0.3) is 0 Å². The maximum absolute atomic E-state index is 12.6. The predicted molar refractivity (Wildman–Crippen MR) is 106 cm³/mol. The molecule has 0 bridgehead atoms. The molecule has 2 aromatic rings. The normalized spacial score (nSPS) is 19.2. The number of aryl methyl sites for hydroxylation is 1. The van der Waals surface area contributed by atoms with E-state index in [1.54, 1.807) is 0 Å². The van der Waals surface area contributed by atoms with Gasteiger partial charge in [0.05, 0.1) is 5.69 Å². The van der Waals surface area contributed by atoms with Crippen LogP contribution in [0, 0.1) is 6.92 Å². The average molecular weight is 387 g/mol. The van der Waals surface area contributed by atoms with Crippen LogP contribution >= 0.6 is 11.3 Å². The Morgan fingerprint density at radius 1 is 1.19 bits per heavy atom. The van der Waals surface area contributed by atoms with Gasteiger partial charge in [0.1, 0.15) is 0 Å². The van der Waals surface area contributed by atoms with Crippen LogP contribution in [0.4, 0.5) is 9.93 Å². The fourth-order valence-corrected chi connectivity index (χ4v) is 4.61. The van der Waals surface area contributed by atoms with Gasteiger partial charge in [-0.05, 0) is 50.2 Å². The number of anilines is 1. The Hall–Kier alpha value is -1.99. The van der Waals surface area contributed by atoms with Crippen LogP contribution in [0.15, 0.2) is 23.7 Å². The summed E-state index contributed by atoms with van der Waals surface area (Å²) >= 11 is 1.52. The molecule has 0 saturated carbocycles. The first kappa shape index (κ1) is 18.4. The minimum atomic E-state index is -0.0386. The molecular formula is C20H26N4O2S. The molecule has 2 amide bonds. The second-order valence-corrected chi connectivity index (χ2v) is 8.25. The lowest BCUT2D eigenvalue weighted by Crippen LogP contribution is -2.40. The summed E-state index contributed by atoms with van der Waals surface area (Å²) in [6, 6.07) is 4.19. The molecule has 2 aliphatic rings. The molecule has 0 spiro atoms. The fourth-order valence-electron chi connectivity index (χ4n) is 3.83. The number of carbonyl (C=O) groups is 1. The number of urea groups is 1. The highest BCUT2D eigenvalue weighted by Crippen LogP contribution is 2.30. The van der Waals surface area contributed by atoms with Gasteiger partial charge in [0, 0.05) is 49.5 Å². The van der Waals surface area contributed by atoms with Crippen LogP contribution in [0.5, 0.6) is 0 Å². The standard InChI is InChI=1S/C20H26N4O2S/c1-14-2-3-17(12-21-14)15-4-8-24(9-5-15)20(25)23-19-22-18(13-27-19)16-6-10-26-11-7-16/h2-3,12-13,15-16H,4-11H2,1H3,(H,22,23,25). The lowest BCUT2D eigenvalue weighted by Gasteiger charge is -2.31. The first-order valence-corrected chi connectivity index (χ1v) is 10.6. The number of thiazole rings is 1. The molecule has 6 nitrogen and oxygen atoms in total. The summed E-state index contributed by atoms with van der Waals surface area (Å²) in [5, 5.41) is 5.76. The number of piperidine rings is 1. The summed E-state index contributed by atoms with van der Waals surface area (Å²) in [6.07, 6.45) is 5.95. The van der Waals surface area contributed by atoms with Crippen molar-refractivity contribution in [1.82, 2.24) is 14.9 Å². The van der Waals surface area contributed by atoms with Crippen LogP contribution in [-0.2, 0) is 4.74 Å². The minimum absolute atomic E-state index is 0.0386. The summed E-state index contributed by atoms with van der Waals surface area (Å²) in [4.78, 5) is 23.5. The van der Waals surface area contributed by atoms with E-state index >= 15 is 0 Å². The zero-order chi connectivity index (χ0) is 18.6. The second-order valence-electron chi connectivity index (χ2n) is 7.39. The first-order chi connectivity index (χ1) is 13.2. The summed E-state index contributed by atoms with van der Waals surface area (Å²) < 4.78 is 5.41. The predicted octanol–water partition coefficient (Wildman–Crippen LogP) is 4.15. The Morgan fingerprint density at radius 2 is 1.96 bits per heavy atom. The van der Waals surface area contributed by atoms with Crippen molar-refractivity contribution in [2.75, 3.05) is 31.6 Å². The van der Waals surface area contributed by atoms with Crippen molar-refractivity contribution >= 4 is 22.5 Å². The number of rotatable bonds is 3. The molecule has 2 saturated heterocycles. The maximum Gasteiger partial charge on any atom is 0.323 e. The van der Waals surface area contributed by atoms with E-state index in [9.17, 15) is 4.79 Å². The lowest BCUT2D eigenvalue weighted by atomic mass is 9.90. The number of hydrogen-bond acceptors (Lipinski definition) is 5. The monoisotopic (exact) mass is 386 g/mol. The van der Waals surface area contributed by atoms with Crippen LogP contribution < -0.4 is 5.32 Å². The van der Waals surface area contributed by atoms with E-state index < -0.39 is 0 Å². The quantitative estimate of drug-likeness (QED) is 0.860. The summed E-state index contributed by atoms with van der Waals surface area (Å²) in [5.74, 6) is 0.946. The number of hydrogen-bond donors (Lipinski definition) is 1. The van der Waals surface area contributed by atoms with E-state index in [-0.39, 0.29) is 6.03 Å². The number of likely N-dealkylation sites (tertiary alicyclic amines) is 1. The van der Waals surface area contributed by atoms with E-state index in [2.05, 4.69) is 32.8 Å². The lowest BCUT2D eigenvalue weighted by molar-refractivity contribution is 0.0846. The van der Waals surface area contributed by atoms with Crippen LogP contribution in [0.1, 0.15) is 54.5 Å². The molecule has 0 radical (unpaired) electrons. The highest BCUT2D eigenvalue weighted by molar-refractivity contribution is 7.13. The van der Waals surface area contributed by atoms with Crippen molar-refractivity contribution in [3.05, 3.63) is 40.7 Å². The van der Waals surface area contributed by atoms with E-state index in [0.29, 0.717) is 17.0 Å². The van der Waals surface area contributed by atoms with Gasteiger partial charge in [-0.15, -0.1) is 11.3 Å².